The highest BCUT2D eigenvalue weighted by atomic mass is 32.2. The van der Waals surface area contributed by atoms with Crippen LogP contribution in [0.25, 0.3) is 0 Å². The summed E-state index contributed by atoms with van der Waals surface area (Å²) in [5, 5.41) is 4.26. The zero-order valence-electron chi connectivity index (χ0n) is 9.27. The van der Waals surface area contributed by atoms with Gasteiger partial charge in [0.15, 0.2) is 0 Å². The maximum Gasteiger partial charge on any atom is 0.0901 e. The maximum atomic E-state index is 5.60. The summed E-state index contributed by atoms with van der Waals surface area (Å²) in [6.45, 7) is 6.24. The predicted octanol–water partition coefficient (Wildman–Crippen LogP) is 3.28. The van der Waals surface area contributed by atoms with E-state index in [0.717, 1.165) is 19.0 Å². The molecule has 0 aliphatic rings. The van der Waals surface area contributed by atoms with Gasteiger partial charge in [-0.2, -0.15) is 11.3 Å². The molecule has 0 bridgehead atoms. The number of hydrogen-bond donors (Lipinski definition) is 0. The molecule has 0 saturated heterocycles. The summed E-state index contributed by atoms with van der Waals surface area (Å²) in [6, 6.07) is 2.14. The number of hydrogen-bond acceptors (Lipinski definition) is 4. The van der Waals surface area contributed by atoms with Crippen molar-refractivity contribution in [2.75, 3.05) is 25.6 Å². The van der Waals surface area contributed by atoms with Crippen molar-refractivity contribution in [2.45, 2.75) is 24.8 Å². The van der Waals surface area contributed by atoms with Crippen LogP contribution in [0, 0.1) is 0 Å². The molecule has 4 heteroatoms. The molecule has 0 aliphatic heterocycles. The van der Waals surface area contributed by atoms with Crippen molar-refractivity contribution < 1.29 is 9.47 Å². The van der Waals surface area contributed by atoms with E-state index in [-0.39, 0.29) is 6.10 Å². The van der Waals surface area contributed by atoms with Crippen molar-refractivity contribution in [3.63, 3.8) is 0 Å². The highest BCUT2D eigenvalue weighted by Crippen LogP contribution is 2.22. The minimum Gasteiger partial charge on any atom is -0.379 e. The van der Waals surface area contributed by atoms with E-state index >= 15 is 0 Å². The highest BCUT2D eigenvalue weighted by Gasteiger charge is 2.09. The van der Waals surface area contributed by atoms with E-state index in [1.165, 1.54) is 4.90 Å². The van der Waals surface area contributed by atoms with Gasteiger partial charge in [-0.25, -0.2) is 0 Å². The molecule has 0 aromatic carbocycles. The molecule has 0 saturated carbocycles. The van der Waals surface area contributed by atoms with Gasteiger partial charge in [0, 0.05) is 29.2 Å². The van der Waals surface area contributed by atoms with Crippen molar-refractivity contribution in [3.05, 3.63) is 16.8 Å². The van der Waals surface area contributed by atoms with Crippen LogP contribution in [-0.4, -0.2) is 31.7 Å². The molecule has 0 amide bonds. The van der Waals surface area contributed by atoms with Crippen molar-refractivity contribution in [1.82, 2.24) is 0 Å². The number of ether oxygens (including phenoxy) is 2. The lowest BCUT2D eigenvalue weighted by Gasteiger charge is -2.15. The Morgan fingerprint density at radius 2 is 2.27 bits per heavy atom. The Kier molecular flexibility index (Phi) is 7.09. The summed E-state index contributed by atoms with van der Waals surface area (Å²) >= 11 is 3.56. The smallest absolute Gasteiger partial charge is 0.0901 e. The fourth-order valence-electron chi connectivity index (χ4n) is 1.15. The molecule has 1 aromatic heterocycles. The monoisotopic (exact) mass is 246 g/mol. The van der Waals surface area contributed by atoms with Gasteiger partial charge in [-0.1, -0.05) is 0 Å². The molecule has 1 unspecified atom stereocenters. The van der Waals surface area contributed by atoms with Gasteiger partial charge in [0.05, 0.1) is 12.7 Å². The van der Waals surface area contributed by atoms with Gasteiger partial charge in [-0.15, -0.1) is 11.8 Å². The molecule has 0 radical (unpaired) electrons. The number of rotatable bonds is 8. The predicted molar refractivity (Wildman–Crippen MR) is 67.0 cm³/mol. The Morgan fingerprint density at radius 1 is 1.40 bits per heavy atom. The van der Waals surface area contributed by atoms with Crippen molar-refractivity contribution in [2.24, 2.45) is 0 Å². The molecule has 0 N–H and O–H groups in total. The molecule has 15 heavy (non-hydrogen) atoms. The van der Waals surface area contributed by atoms with Crippen molar-refractivity contribution >= 4 is 23.1 Å². The highest BCUT2D eigenvalue weighted by molar-refractivity contribution is 7.99. The second-order valence-corrected chi connectivity index (χ2v) is 4.88. The standard InChI is InChI=1S/C11H18O2S2/c1-3-12-7-10(13-4-2)8-15-11-5-6-14-9-11/h5-6,9-10H,3-4,7-8H2,1-2H3. The van der Waals surface area contributed by atoms with Gasteiger partial charge in [0.1, 0.15) is 0 Å². The van der Waals surface area contributed by atoms with Crippen LogP contribution in [0.5, 0.6) is 0 Å². The minimum atomic E-state index is 0.208. The molecule has 0 aliphatic carbocycles. The molecule has 1 heterocycles. The summed E-state index contributed by atoms with van der Waals surface area (Å²) in [5.41, 5.74) is 0. The van der Waals surface area contributed by atoms with Crippen LogP contribution >= 0.6 is 23.1 Å². The third kappa shape index (κ3) is 5.56. The fourth-order valence-corrected chi connectivity index (χ4v) is 2.93. The summed E-state index contributed by atoms with van der Waals surface area (Å²) < 4.78 is 11.0. The molecular formula is C11H18O2S2. The minimum absolute atomic E-state index is 0.208. The Morgan fingerprint density at radius 3 is 2.87 bits per heavy atom. The van der Waals surface area contributed by atoms with E-state index in [1.54, 1.807) is 11.3 Å². The summed E-state index contributed by atoms with van der Waals surface area (Å²) in [7, 11) is 0. The molecule has 1 atom stereocenters. The Balaban J connectivity index is 2.24. The molecule has 1 aromatic rings. The maximum absolute atomic E-state index is 5.60. The first-order valence-corrected chi connectivity index (χ1v) is 7.14. The van der Waals surface area contributed by atoms with E-state index < -0.39 is 0 Å². The second kappa shape index (κ2) is 8.16. The lowest BCUT2D eigenvalue weighted by molar-refractivity contribution is 0.00475. The lowest BCUT2D eigenvalue weighted by Crippen LogP contribution is -2.22. The first-order chi connectivity index (χ1) is 7.36. The normalized spacial score (nSPS) is 12.9. The van der Waals surface area contributed by atoms with Crippen molar-refractivity contribution in [1.29, 1.82) is 0 Å². The average molecular weight is 246 g/mol. The number of thiophene rings is 1. The van der Waals surface area contributed by atoms with Crippen LogP contribution in [0.3, 0.4) is 0 Å². The van der Waals surface area contributed by atoms with Gasteiger partial charge in [-0.3, -0.25) is 0 Å². The van der Waals surface area contributed by atoms with E-state index in [0.29, 0.717) is 6.61 Å². The zero-order chi connectivity index (χ0) is 10.9. The summed E-state index contributed by atoms with van der Waals surface area (Å²) in [5.74, 6) is 0.963. The van der Waals surface area contributed by atoms with E-state index in [2.05, 4.69) is 16.8 Å². The topological polar surface area (TPSA) is 18.5 Å². The first kappa shape index (κ1) is 13.0. The van der Waals surface area contributed by atoms with E-state index in [9.17, 15) is 0 Å². The lowest BCUT2D eigenvalue weighted by atomic mass is 10.4. The van der Waals surface area contributed by atoms with E-state index in [4.69, 9.17) is 9.47 Å². The largest absolute Gasteiger partial charge is 0.379 e. The quantitative estimate of drug-likeness (QED) is 0.656. The molecule has 2 nitrogen and oxygen atoms in total. The number of thioether (sulfide) groups is 1. The molecule has 0 spiro atoms. The van der Waals surface area contributed by atoms with Crippen LogP contribution in [-0.2, 0) is 9.47 Å². The molecule has 86 valence electrons. The fraction of sp³-hybridized carbons (Fsp3) is 0.636. The van der Waals surface area contributed by atoms with Crippen LogP contribution in [0.1, 0.15) is 13.8 Å². The third-order valence-corrected chi connectivity index (χ3v) is 3.80. The Hall–Kier alpha value is -0.0300. The summed E-state index contributed by atoms with van der Waals surface area (Å²) in [6.07, 6.45) is 0.208. The molecule has 0 fully saturated rings. The SMILES string of the molecule is CCOCC(CSc1ccsc1)OCC. The first-order valence-electron chi connectivity index (χ1n) is 5.21. The van der Waals surface area contributed by atoms with Crippen LogP contribution in [0.4, 0.5) is 0 Å². The Labute approximate surface area is 100.0 Å². The van der Waals surface area contributed by atoms with Gasteiger partial charge >= 0.3 is 0 Å². The van der Waals surface area contributed by atoms with Gasteiger partial charge < -0.3 is 9.47 Å². The van der Waals surface area contributed by atoms with Crippen LogP contribution < -0.4 is 0 Å². The van der Waals surface area contributed by atoms with Gasteiger partial charge in [0.2, 0.25) is 0 Å². The van der Waals surface area contributed by atoms with Gasteiger partial charge in [-0.05, 0) is 25.3 Å². The van der Waals surface area contributed by atoms with Crippen LogP contribution in [0.2, 0.25) is 0 Å². The molecular weight excluding hydrogens is 228 g/mol. The third-order valence-electron chi connectivity index (χ3n) is 1.84. The average Bonchev–Trinajstić information content (AvgIpc) is 2.75. The Bertz CT molecular complexity index is 237. The van der Waals surface area contributed by atoms with Crippen molar-refractivity contribution in [3.8, 4) is 0 Å². The second-order valence-electron chi connectivity index (χ2n) is 3.01. The van der Waals surface area contributed by atoms with E-state index in [1.807, 2.05) is 25.6 Å². The van der Waals surface area contributed by atoms with Crippen LogP contribution in [0.15, 0.2) is 21.7 Å². The van der Waals surface area contributed by atoms with Gasteiger partial charge in [0.25, 0.3) is 0 Å². The summed E-state index contributed by atoms with van der Waals surface area (Å²) in [4.78, 5) is 1.32. The zero-order valence-corrected chi connectivity index (χ0v) is 10.9. The molecule has 1 rings (SSSR count).